The van der Waals surface area contributed by atoms with Crippen LogP contribution in [0.15, 0.2) is 12.7 Å². The van der Waals surface area contributed by atoms with E-state index in [1.807, 2.05) is 0 Å². The molecule has 0 aliphatic rings. The van der Waals surface area contributed by atoms with Crippen molar-refractivity contribution < 1.29 is 41.0 Å². The van der Waals surface area contributed by atoms with Crippen LogP contribution in [0.3, 0.4) is 0 Å². The summed E-state index contributed by atoms with van der Waals surface area (Å²) in [6.45, 7) is 2.69. The SMILES string of the molecule is C=CCOCC(Cc1c(F)c(F)c(F)c(F)c1F)OP(O)(O)(Cl)Cl. The minimum atomic E-state index is -5.64. The van der Waals surface area contributed by atoms with Crippen LogP contribution < -0.4 is 0 Å². The summed E-state index contributed by atoms with van der Waals surface area (Å²) >= 11 is 10.3. The standard InChI is InChI=1S/C12H12Cl2F5O4P/c1-2-3-22-5-6(23-24(13,14,20)21)4-7-8(15)10(17)12(19)11(18)9(7)16/h2,6,20-21H,1,3-5H2. The molecule has 1 unspecified atom stereocenters. The molecule has 138 valence electrons. The van der Waals surface area contributed by atoms with Gasteiger partial charge in [-0.25, -0.2) is 0 Å². The van der Waals surface area contributed by atoms with Gasteiger partial charge in [0.05, 0.1) is 0 Å². The van der Waals surface area contributed by atoms with Crippen LogP contribution in [0.2, 0.25) is 0 Å². The Labute approximate surface area is 143 Å². The van der Waals surface area contributed by atoms with E-state index in [9.17, 15) is 31.7 Å². The molecule has 0 heterocycles. The molecule has 0 fully saturated rings. The van der Waals surface area contributed by atoms with E-state index in [2.05, 4.69) is 11.1 Å². The normalized spacial score (nSPS) is 15.0. The van der Waals surface area contributed by atoms with E-state index in [0.717, 1.165) is 0 Å². The van der Waals surface area contributed by atoms with Crippen molar-refractivity contribution in [2.24, 2.45) is 0 Å². The summed E-state index contributed by atoms with van der Waals surface area (Å²) in [5, 5.41) is 0. The van der Waals surface area contributed by atoms with Gasteiger partial charge in [0, 0.05) is 0 Å². The average Bonchev–Trinajstić information content (AvgIpc) is 2.45. The fraction of sp³-hybridized carbons (Fsp3) is 0.333. The molecule has 0 saturated heterocycles. The maximum absolute atomic E-state index is 13.7. The van der Waals surface area contributed by atoms with Crippen molar-refractivity contribution in [2.45, 2.75) is 12.5 Å². The van der Waals surface area contributed by atoms with E-state index in [4.69, 9.17) is 27.2 Å². The number of hydrogen-bond donors (Lipinski definition) is 2. The Balaban J connectivity index is 3.16. The molecule has 0 amide bonds. The second-order valence-corrected chi connectivity index (χ2v) is 10.5. The maximum atomic E-state index is 13.7. The van der Waals surface area contributed by atoms with Crippen molar-refractivity contribution in [2.75, 3.05) is 13.2 Å². The summed E-state index contributed by atoms with van der Waals surface area (Å²) in [6.07, 6.45) is -1.32. The molecule has 2 N–H and O–H groups in total. The molecule has 24 heavy (non-hydrogen) atoms. The molecule has 1 atom stereocenters. The van der Waals surface area contributed by atoms with Crippen molar-refractivity contribution >= 4 is 28.5 Å². The van der Waals surface area contributed by atoms with E-state index in [-0.39, 0.29) is 6.61 Å². The van der Waals surface area contributed by atoms with Crippen LogP contribution in [0, 0.1) is 29.1 Å². The van der Waals surface area contributed by atoms with Crippen LogP contribution in [0.25, 0.3) is 0 Å². The quantitative estimate of drug-likeness (QED) is 0.167. The first-order valence-corrected chi connectivity index (χ1v) is 10.0. The fourth-order valence-electron chi connectivity index (χ4n) is 1.71. The molecule has 0 aliphatic heterocycles. The van der Waals surface area contributed by atoms with Crippen molar-refractivity contribution in [1.29, 1.82) is 0 Å². The zero-order valence-corrected chi connectivity index (χ0v) is 14.2. The van der Waals surface area contributed by atoms with Crippen LogP contribution in [0.5, 0.6) is 0 Å². The number of benzene rings is 1. The topological polar surface area (TPSA) is 58.9 Å². The number of rotatable bonds is 8. The number of hydrogen-bond acceptors (Lipinski definition) is 4. The van der Waals surface area contributed by atoms with Gasteiger partial charge in [-0.05, 0) is 0 Å². The van der Waals surface area contributed by atoms with E-state index >= 15 is 0 Å². The second kappa shape index (κ2) is 7.78. The van der Waals surface area contributed by atoms with Gasteiger partial charge in [-0.1, -0.05) is 0 Å². The third kappa shape index (κ3) is 6.07. The molecule has 0 aliphatic carbocycles. The molecule has 0 aromatic heterocycles. The summed E-state index contributed by atoms with van der Waals surface area (Å²) in [6, 6.07) is 0. The molecule has 1 aromatic rings. The van der Waals surface area contributed by atoms with Crippen molar-refractivity contribution in [3.63, 3.8) is 0 Å². The Morgan fingerprint density at radius 3 is 1.88 bits per heavy atom. The summed E-state index contributed by atoms with van der Waals surface area (Å²) in [7, 11) is 0. The van der Waals surface area contributed by atoms with Gasteiger partial charge in [0.1, 0.15) is 0 Å². The summed E-state index contributed by atoms with van der Waals surface area (Å²) in [4.78, 5) is 18.6. The first-order valence-electron chi connectivity index (χ1n) is 6.17. The number of ether oxygens (including phenoxy) is 1. The Bertz CT molecular complexity index is 600. The molecule has 1 aromatic carbocycles. The molecule has 0 bridgehead atoms. The molecule has 1 rings (SSSR count). The zero-order chi connectivity index (χ0) is 18.7. The molecule has 12 heteroatoms. The Morgan fingerprint density at radius 2 is 1.46 bits per heavy atom. The van der Waals surface area contributed by atoms with Crippen LogP contribution in [0.4, 0.5) is 22.0 Å². The number of halogens is 7. The van der Waals surface area contributed by atoms with Crippen LogP contribution in [-0.2, 0) is 15.7 Å². The van der Waals surface area contributed by atoms with Crippen molar-refractivity contribution in [3.05, 3.63) is 47.3 Å². The van der Waals surface area contributed by atoms with Gasteiger partial charge in [0.2, 0.25) is 0 Å². The molecule has 0 saturated carbocycles. The van der Waals surface area contributed by atoms with Gasteiger partial charge in [0.25, 0.3) is 0 Å². The predicted molar refractivity (Wildman–Crippen MR) is 78.9 cm³/mol. The van der Waals surface area contributed by atoms with E-state index in [1.54, 1.807) is 0 Å². The van der Waals surface area contributed by atoms with E-state index in [0.29, 0.717) is 0 Å². The van der Waals surface area contributed by atoms with Crippen molar-refractivity contribution in [3.8, 4) is 0 Å². The molecular formula is C12H12Cl2F5O4P. The summed E-state index contributed by atoms with van der Waals surface area (Å²) < 4.78 is 76.1. The van der Waals surface area contributed by atoms with Gasteiger partial charge in [-0.15, -0.1) is 0 Å². The van der Waals surface area contributed by atoms with Gasteiger partial charge in [-0.2, -0.15) is 0 Å². The van der Waals surface area contributed by atoms with Crippen LogP contribution in [-0.4, -0.2) is 29.1 Å². The van der Waals surface area contributed by atoms with Crippen molar-refractivity contribution in [1.82, 2.24) is 0 Å². The van der Waals surface area contributed by atoms with Crippen LogP contribution in [0.1, 0.15) is 5.56 Å². The minimum absolute atomic E-state index is 0.0751. The average molecular weight is 417 g/mol. The Kier molecular flexibility index (Phi) is 6.97. The fourth-order valence-corrected chi connectivity index (χ4v) is 3.02. The monoisotopic (exact) mass is 416 g/mol. The molecule has 0 radical (unpaired) electrons. The predicted octanol–water partition coefficient (Wildman–Crippen LogP) is 4.10. The third-order valence-corrected chi connectivity index (χ3v) is 3.72. The van der Waals surface area contributed by atoms with Gasteiger partial charge in [0.15, 0.2) is 0 Å². The third-order valence-electron chi connectivity index (χ3n) is 2.59. The first-order chi connectivity index (χ1) is 10.8. The van der Waals surface area contributed by atoms with Gasteiger partial charge < -0.3 is 0 Å². The summed E-state index contributed by atoms with van der Waals surface area (Å²) in [5.74, 6) is -16.5. The Hall–Kier alpha value is -0.540. The zero-order valence-electron chi connectivity index (χ0n) is 11.8. The van der Waals surface area contributed by atoms with Gasteiger partial charge in [-0.3, -0.25) is 0 Å². The molecular weight excluding hydrogens is 405 g/mol. The second-order valence-electron chi connectivity index (χ2n) is 4.56. The molecule has 0 spiro atoms. The van der Waals surface area contributed by atoms with Crippen LogP contribution >= 0.6 is 28.5 Å². The Morgan fingerprint density at radius 1 is 1.00 bits per heavy atom. The molecule has 4 nitrogen and oxygen atoms in total. The van der Waals surface area contributed by atoms with Gasteiger partial charge >= 0.3 is 143 Å². The first kappa shape index (κ1) is 21.5. The van der Waals surface area contributed by atoms with E-state index < -0.39 is 59.8 Å². The summed E-state index contributed by atoms with van der Waals surface area (Å²) in [5.41, 5.74) is -1.24. The van der Waals surface area contributed by atoms with E-state index in [1.165, 1.54) is 6.08 Å².